The van der Waals surface area contributed by atoms with E-state index < -0.39 is 0 Å². The maximum atomic E-state index is 12.4. The zero-order chi connectivity index (χ0) is 19.2. The summed E-state index contributed by atoms with van der Waals surface area (Å²) in [6.45, 7) is 3.92. The molecule has 144 valence electrons. The third-order valence-corrected chi connectivity index (χ3v) is 6.78. The van der Waals surface area contributed by atoms with E-state index in [1.807, 2.05) is 10.3 Å². The summed E-state index contributed by atoms with van der Waals surface area (Å²) in [5, 5.41) is 5.36. The normalized spacial score (nSPS) is 15.0. The fourth-order valence-corrected chi connectivity index (χ4v) is 4.59. The Morgan fingerprint density at radius 3 is 2.70 bits per heavy atom. The molecule has 0 radical (unpaired) electrons. The minimum absolute atomic E-state index is 0.0995. The van der Waals surface area contributed by atoms with E-state index in [1.165, 1.54) is 23.1 Å². The van der Waals surface area contributed by atoms with Gasteiger partial charge in [-0.15, -0.1) is 11.3 Å². The Labute approximate surface area is 172 Å². The van der Waals surface area contributed by atoms with Crippen LogP contribution in [0.5, 0.6) is 0 Å². The number of likely N-dealkylation sites (tertiary alicyclic amines) is 1. The average molecular weight is 424 g/mol. The van der Waals surface area contributed by atoms with Gasteiger partial charge >= 0.3 is 0 Å². The highest BCUT2D eigenvalue weighted by Crippen LogP contribution is 2.24. The highest BCUT2D eigenvalue weighted by atomic mass is 35.5. The maximum absolute atomic E-state index is 12.4. The molecule has 1 N–H and O–H groups in total. The van der Waals surface area contributed by atoms with Gasteiger partial charge in [0.15, 0.2) is 4.34 Å². The van der Waals surface area contributed by atoms with Crippen molar-refractivity contribution in [3.8, 4) is 0 Å². The van der Waals surface area contributed by atoms with Crippen LogP contribution in [-0.4, -0.2) is 40.5 Å². The van der Waals surface area contributed by atoms with Crippen LogP contribution in [-0.2, 0) is 16.0 Å². The predicted molar refractivity (Wildman–Crippen MR) is 112 cm³/mol. The second kappa shape index (κ2) is 9.57. The van der Waals surface area contributed by atoms with Crippen LogP contribution in [0.3, 0.4) is 0 Å². The number of hydrogen-bond acceptors (Lipinski definition) is 5. The number of hydrogen-bond donors (Lipinski definition) is 1. The topological polar surface area (TPSA) is 62.3 Å². The molecule has 0 bridgehead atoms. The van der Waals surface area contributed by atoms with Crippen LogP contribution in [0.4, 0.5) is 5.69 Å². The van der Waals surface area contributed by atoms with Crippen molar-refractivity contribution in [2.45, 2.75) is 30.5 Å². The Bertz CT molecular complexity index is 787. The molecule has 8 heteroatoms. The zero-order valence-corrected chi connectivity index (χ0v) is 17.5. The number of nitrogens with one attached hydrogen (secondary N) is 1. The summed E-state index contributed by atoms with van der Waals surface area (Å²) >= 11 is 8.68. The lowest BCUT2D eigenvalue weighted by atomic mass is 9.99. The highest BCUT2D eigenvalue weighted by molar-refractivity contribution is 8.01. The highest BCUT2D eigenvalue weighted by Gasteiger charge is 2.21. The van der Waals surface area contributed by atoms with Gasteiger partial charge in [0.1, 0.15) is 0 Å². The minimum Gasteiger partial charge on any atom is -0.342 e. The molecule has 1 aliphatic rings. The molecule has 0 saturated carbocycles. The summed E-state index contributed by atoms with van der Waals surface area (Å²) in [7, 11) is 0. The van der Waals surface area contributed by atoms with E-state index in [4.69, 9.17) is 11.6 Å². The van der Waals surface area contributed by atoms with Crippen molar-refractivity contribution in [1.29, 1.82) is 0 Å². The Hall–Kier alpha value is -1.57. The smallest absolute Gasteiger partial charge is 0.234 e. The summed E-state index contributed by atoms with van der Waals surface area (Å²) in [6.07, 6.45) is 2.49. The van der Waals surface area contributed by atoms with Crippen LogP contribution in [0.25, 0.3) is 0 Å². The van der Waals surface area contributed by atoms with Gasteiger partial charge in [0, 0.05) is 29.2 Å². The molecule has 1 aromatic heterocycles. The Kier molecular flexibility index (Phi) is 7.15. The van der Waals surface area contributed by atoms with Crippen LogP contribution in [0.15, 0.2) is 34.0 Å². The Morgan fingerprint density at radius 1 is 1.30 bits per heavy atom. The number of aromatic nitrogens is 1. The van der Waals surface area contributed by atoms with Gasteiger partial charge in [-0.3, -0.25) is 9.59 Å². The van der Waals surface area contributed by atoms with Gasteiger partial charge in [0.2, 0.25) is 11.8 Å². The van der Waals surface area contributed by atoms with Gasteiger partial charge in [-0.2, -0.15) is 0 Å². The van der Waals surface area contributed by atoms with Crippen LogP contribution in [0.2, 0.25) is 5.02 Å². The summed E-state index contributed by atoms with van der Waals surface area (Å²) in [5.41, 5.74) is 1.50. The van der Waals surface area contributed by atoms with E-state index in [2.05, 4.69) is 17.2 Å². The lowest BCUT2D eigenvalue weighted by molar-refractivity contribution is -0.131. The number of nitrogens with zero attached hydrogens (tertiary/aromatic N) is 2. The van der Waals surface area contributed by atoms with Gasteiger partial charge in [-0.05, 0) is 43.0 Å². The first kappa shape index (κ1) is 20.2. The van der Waals surface area contributed by atoms with E-state index >= 15 is 0 Å². The van der Waals surface area contributed by atoms with Crippen molar-refractivity contribution in [3.63, 3.8) is 0 Å². The van der Waals surface area contributed by atoms with Gasteiger partial charge in [0.05, 0.1) is 17.9 Å². The standard InChI is InChI=1S/C19H22ClN3O2S2/c1-13-6-8-23(9-7-13)18(25)10-16-11-26-19(22-16)27-12-17(24)21-15-4-2-14(20)3-5-15/h2-5,11,13H,6-10,12H2,1H3,(H,21,24). The molecule has 1 saturated heterocycles. The molecule has 0 aliphatic carbocycles. The second-order valence-electron chi connectivity index (χ2n) is 6.69. The third-order valence-electron chi connectivity index (χ3n) is 4.45. The van der Waals surface area contributed by atoms with E-state index in [-0.39, 0.29) is 17.6 Å². The molecule has 1 aromatic carbocycles. The van der Waals surface area contributed by atoms with Crippen molar-refractivity contribution in [1.82, 2.24) is 9.88 Å². The summed E-state index contributed by atoms with van der Waals surface area (Å²) < 4.78 is 0.802. The largest absolute Gasteiger partial charge is 0.342 e. The lowest BCUT2D eigenvalue weighted by Gasteiger charge is -2.30. The first-order valence-corrected chi connectivity index (χ1v) is 11.1. The average Bonchev–Trinajstić information content (AvgIpc) is 3.10. The van der Waals surface area contributed by atoms with Crippen molar-refractivity contribution in [2.24, 2.45) is 5.92 Å². The lowest BCUT2D eigenvalue weighted by Crippen LogP contribution is -2.38. The van der Waals surface area contributed by atoms with Gasteiger partial charge in [0.25, 0.3) is 0 Å². The monoisotopic (exact) mass is 423 g/mol. The predicted octanol–water partition coefficient (Wildman–Crippen LogP) is 4.33. The quantitative estimate of drug-likeness (QED) is 0.702. The number of benzene rings is 1. The van der Waals surface area contributed by atoms with Crippen LogP contribution in [0.1, 0.15) is 25.5 Å². The number of thioether (sulfide) groups is 1. The molecule has 3 rings (SSSR count). The van der Waals surface area contributed by atoms with E-state index in [0.29, 0.717) is 23.0 Å². The van der Waals surface area contributed by atoms with E-state index in [9.17, 15) is 9.59 Å². The fraction of sp³-hybridized carbons (Fsp3) is 0.421. The van der Waals surface area contributed by atoms with Crippen LogP contribution >= 0.6 is 34.7 Å². The number of anilines is 1. The summed E-state index contributed by atoms with van der Waals surface area (Å²) in [4.78, 5) is 30.8. The molecule has 0 atom stereocenters. The molecule has 2 aromatic rings. The number of carbonyl (C=O) groups is 2. The molecule has 2 heterocycles. The third kappa shape index (κ3) is 6.23. The zero-order valence-electron chi connectivity index (χ0n) is 15.1. The van der Waals surface area contributed by atoms with E-state index in [1.54, 1.807) is 24.3 Å². The van der Waals surface area contributed by atoms with Gasteiger partial charge < -0.3 is 10.2 Å². The van der Waals surface area contributed by atoms with Gasteiger partial charge in [-0.1, -0.05) is 30.3 Å². The van der Waals surface area contributed by atoms with Crippen molar-refractivity contribution in [2.75, 3.05) is 24.2 Å². The maximum Gasteiger partial charge on any atom is 0.234 e. The number of thiazole rings is 1. The first-order valence-electron chi connectivity index (χ1n) is 8.90. The van der Waals surface area contributed by atoms with Crippen molar-refractivity contribution in [3.05, 3.63) is 40.4 Å². The van der Waals surface area contributed by atoms with Crippen molar-refractivity contribution < 1.29 is 9.59 Å². The SMILES string of the molecule is CC1CCN(C(=O)Cc2csc(SCC(=O)Nc3ccc(Cl)cc3)n2)CC1. The van der Waals surface area contributed by atoms with Gasteiger partial charge in [-0.25, -0.2) is 4.98 Å². The number of carbonyl (C=O) groups excluding carboxylic acids is 2. The molecule has 5 nitrogen and oxygen atoms in total. The molecule has 1 aliphatic heterocycles. The molecule has 27 heavy (non-hydrogen) atoms. The summed E-state index contributed by atoms with van der Waals surface area (Å²) in [6, 6.07) is 6.99. The number of halogens is 1. The van der Waals surface area contributed by atoms with Crippen LogP contribution < -0.4 is 5.32 Å². The molecule has 2 amide bonds. The molecular weight excluding hydrogens is 402 g/mol. The fourth-order valence-electron chi connectivity index (χ4n) is 2.82. The molecular formula is C19H22ClN3O2S2. The number of piperidine rings is 1. The minimum atomic E-state index is -0.0995. The first-order chi connectivity index (χ1) is 13.0. The summed E-state index contributed by atoms with van der Waals surface area (Å²) in [5.74, 6) is 1.02. The van der Waals surface area contributed by atoms with Crippen LogP contribution in [0, 0.1) is 5.92 Å². The molecule has 1 fully saturated rings. The van der Waals surface area contributed by atoms with Crippen molar-refractivity contribution >= 4 is 52.2 Å². The molecule has 0 unspecified atom stereocenters. The number of amides is 2. The second-order valence-corrected chi connectivity index (χ2v) is 9.21. The Morgan fingerprint density at radius 2 is 2.00 bits per heavy atom. The molecule has 0 spiro atoms. The Balaban J connectivity index is 1.44. The van der Waals surface area contributed by atoms with E-state index in [0.717, 1.165) is 36.0 Å². The number of rotatable bonds is 6.